The number of fused-ring (bicyclic) bond motifs is 1. The highest BCUT2D eigenvalue weighted by atomic mass is 19.1. The van der Waals surface area contributed by atoms with Gasteiger partial charge in [-0.3, -0.25) is 0 Å². The molecule has 0 atom stereocenters. The van der Waals surface area contributed by atoms with Crippen molar-refractivity contribution in [2.75, 3.05) is 0 Å². The number of halogens is 1. The summed E-state index contributed by atoms with van der Waals surface area (Å²) in [6, 6.07) is 18.3. The summed E-state index contributed by atoms with van der Waals surface area (Å²) in [7, 11) is 0. The van der Waals surface area contributed by atoms with E-state index in [-0.39, 0.29) is 5.82 Å². The lowest BCUT2D eigenvalue weighted by atomic mass is 10.1. The minimum Gasteiger partial charge on any atom is -0.248 e. The van der Waals surface area contributed by atoms with Crippen molar-refractivity contribution in [3.05, 3.63) is 66.5 Å². The van der Waals surface area contributed by atoms with Gasteiger partial charge in [0.2, 0.25) is 0 Å². The molecule has 3 aromatic rings. The van der Waals surface area contributed by atoms with E-state index < -0.39 is 0 Å². The van der Waals surface area contributed by atoms with Crippen molar-refractivity contribution < 1.29 is 4.39 Å². The molecular formula is C15H10FN. The molecule has 0 bridgehead atoms. The van der Waals surface area contributed by atoms with Gasteiger partial charge in [0.05, 0.1) is 11.2 Å². The zero-order valence-corrected chi connectivity index (χ0v) is 9.10. The molecule has 82 valence electrons. The van der Waals surface area contributed by atoms with Crippen LogP contribution in [0.3, 0.4) is 0 Å². The highest BCUT2D eigenvalue weighted by Gasteiger charge is 2.01. The van der Waals surface area contributed by atoms with E-state index in [1.165, 1.54) is 12.1 Å². The first kappa shape index (κ1) is 9.97. The van der Waals surface area contributed by atoms with Crippen LogP contribution < -0.4 is 0 Å². The maximum Gasteiger partial charge on any atom is 0.123 e. The Kier molecular flexibility index (Phi) is 2.33. The number of rotatable bonds is 1. The quantitative estimate of drug-likeness (QED) is 0.606. The molecule has 0 N–H and O–H groups in total. The van der Waals surface area contributed by atoms with Crippen LogP contribution >= 0.6 is 0 Å². The molecule has 0 radical (unpaired) electrons. The molecule has 0 saturated carbocycles. The first-order valence-corrected chi connectivity index (χ1v) is 5.45. The molecule has 0 unspecified atom stereocenters. The van der Waals surface area contributed by atoms with E-state index in [0.717, 1.165) is 22.2 Å². The topological polar surface area (TPSA) is 12.9 Å². The lowest BCUT2D eigenvalue weighted by Gasteiger charge is -2.03. The summed E-state index contributed by atoms with van der Waals surface area (Å²) in [5, 5.41) is 1.09. The maximum atomic E-state index is 13.1. The molecule has 0 fully saturated rings. The molecule has 0 spiro atoms. The molecule has 1 heterocycles. The monoisotopic (exact) mass is 223 g/mol. The fourth-order valence-corrected chi connectivity index (χ4v) is 1.87. The minimum atomic E-state index is -0.238. The summed E-state index contributed by atoms with van der Waals surface area (Å²) in [5.41, 5.74) is 2.52. The van der Waals surface area contributed by atoms with Gasteiger partial charge < -0.3 is 0 Å². The number of pyridine rings is 1. The number of benzene rings is 2. The van der Waals surface area contributed by atoms with Gasteiger partial charge in [0.1, 0.15) is 5.82 Å². The van der Waals surface area contributed by atoms with Crippen molar-refractivity contribution >= 4 is 10.9 Å². The van der Waals surface area contributed by atoms with E-state index in [0.29, 0.717) is 0 Å². The first-order chi connectivity index (χ1) is 8.33. The van der Waals surface area contributed by atoms with E-state index in [1.54, 1.807) is 6.07 Å². The summed E-state index contributed by atoms with van der Waals surface area (Å²) in [4.78, 5) is 4.52. The fourth-order valence-electron chi connectivity index (χ4n) is 1.87. The zero-order valence-electron chi connectivity index (χ0n) is 9.10. The van der Waals surface area contributed by atoms with Gasteiger partial charge in [-0.2, -0.15) is 0 Å². The van der Waals surface area contributed by atoms with Crippen molar-refractivity contribution in [1.82, 2.24) is 4.98 Å². The molecule has 2 aromatic carbocycles. The third-order valence-corrected chi connectivity index (χ3v) is 2.72. The van der Waals surface area contributed by atoms with E-state index >= 15 is 0 Å². The van der Waals surface area contributed by atoms with E-state index in [9.17, 15) is 4.39 Å². The Hall–Kier alpha value is -2.22. The van der Waals surface area contributed by atoms with Crippen molar-refractivity contribution in [2.24, 2.45) is 0 Å². The normalized spacial score (nSPS) is 10.6. The second kappa shape index (κ2) is 3.98. The molecule has 0 aliphatic heterocycles. The van der Waals surface area contributed by atoms with Gasteiger partial charge in [0, 0.05) is 10.9 Å². The highest BCUT2D eigenvalue weighted by Crippen LogP contribution is 2.21. The molecule has 17 heavy (non-hydrogen) atoms. The molecule has 3 rings (SSSR count). The minimum absolute atomic E-state index is 0.238. The molecule has 0 saturated heterocycles. The molecule has 0 aliphatic rings. The van der Waals surface area contributed by atoms with Crippen LogP contribution in [0.15, 0.2) is 60.7 Å². The highest BCUT2D eigenvalue weighted by molar-refractivity contribution is 5.81. The average molecular weight is 223 g/mol. The standard InChI is InChI=1S/C15H10FN/c16-13-6-3-5-12(10-13)15-9-8-11-4-1-2-7-14(11)17-15/h1-10H. The third-order valence-electron chi connectivity index (χ3n) is 2.72. The predicted octanol–water partition coefficient (Wildman–Crippen LogP) is 4.04. The van der Waals surface area contributed by atoms with Gasteiger partial charge in [0.25, 0.3) is 0 Å². The Morgan fingerprint density at radius 2 is 1.71 bits per heavy atom. The lowest BCUT2D eigenvalue weighted by Crippen LogP contribution is -1.85. The summed E-state index contributed by atoms with van der Waals surface area (Å²) in [6.07, 6.45) is 0. The number of hydrogen-bond donors (Lipinski definition) is 0. The van der Waals surface area contributed by atoms with Crippen LogP contribution in [0.1, 0.15) is 0 Å². The SMILES string of the molecule is Fc1cccc(-c2ccc3ccccc3n2)c1. The smallest absolute Gasteiger partial charge is 0.123 e. The second-order valence-electron chi connectivity index (χ2n) is 3.90. The summed E-state index contributed by atoms with van der Waals surface area (Å²) in [5.74, 6) is -0.238. The van der Waals surface area contributed by atoms with Crippen LogP contribution in [0.5, 0.6) is 0 Å². The van der Waals surface area contributed by atoms with Crippen molar-refractivity contribution in [2.45, 2.75) is 0 Å². The number of nitrogens with zero attached hydrogens (tertiary/aromatic N) is 1. The van der Waals surface area contributed by atoms with Crippen LogP contribution in [0.4, 0.5) is 4.39 Å². The molecule has 1 nitrogen and oxygen atoms in total. The van der Waals surface area contributed by atoms with Gasteiger partial charge in [-0.1, -0.05) is 36.4 Å². The zero-order chi connectivity index (χ0) is 11.7. The number of para-hydroxylation sites is 1. The predicted molar refractivity (Wildman–Crippen MR) is 67.1 cm³/mol. The Morgan fingerprint density at radius 1 is 0.824 bits per heavy atom. The molecule has 0 aliphatic carbocycles. The Labute approximate surface area is 98.6 Å². The van der Waals surface area contributed by atoms with Crippen LogP contribution in [0, 0.1) is 5.82 Å². The summed E-state index contributed by atoms with van der Waals surface area (Å²) < 4.78 is 13.1. The number of hydrogen-bond acceptors (Lipinski definition) is 1. The molecule has 2 heteroatoms. The summed E-state index contributed by atoms with van der Waals surface area (Å²) >= 11 is 0. The van der Waals surface area contributed by atoms with Gasteiger partial charge in [-0.05, 0) is 24.3 Å². The Morgan fingerprint density at radius 3 is 2.59 bits per heavy atom. The van der Waals surface area contributed by atoms with E-state index in [2.05, 4.69) is 4.98 Å². The van der Waals surface area contributed by atoms with Crippen molar-refractivity contribution in [3.8, 4) is 11.3 Å². The Balaban J connectivity index is 2.18. The summed E-state index contributed by atoms with van der Waals surface area (Å²) in [6.45, 7) is 0. The van der Waals surface area contributed by atoms with Gasteiger partial charge in [0.15, 0.2) is 0 Å². The van der Waals surface area contributed by atoms with Crippen molar-refractivity contribution in [3.63, 3.8) is 0 Å². The third kappa shape index (κ3) is 1.89. The van der Waals surface area contributed by atoms with Gasteiger partial charge in [-0.25, -0.2) is 9.37 Å². The largest absolute Gasteiger partial charge is 0.248 e. The maximum absolute atomic E-state index is 13.1. The second-order valence-corrected chi connectivity index (χ2v) is 3.90. The Bertz CT molecular complexity index is 676. The van der Waals surface area contributed by atoms with Gasteiger partial charge >= 0.3 is 0 Å². The molecule has 0 amide bonds. The molecule has 1 aromatic heterocycles. The van der Waals surface area contributed by atoms with Crippen LogP contribution in [-0.2, 0) is 0 Å². The van der Waals surface area contributed by atoms with Crippen LogP contribution in [0.2, 0.25) is 0 Å². The first-order valence-electron chi connectivity index (χ1n) is 5.45. The van der Waals surface area contributed by atoms with Crippen LogP contribution in [-0.4, -0.2) is 4.98 Å². The average Bonchev–Trinajstić information content (AvgIpc) is 2.38. The lowest BCUT2D eigenvalue weighted by molar-refractivity contribution is 0.628. The van der Waals surface area contributed by atoms with E-state index in [1.807, 2.05) is 42.5 Å². The number of aromatic nitrogens is 1. The van der Waals surface area contributed by atoms with Crippen molar-refractivity contribution in [1.29, 1.82) is 0 Å². The van der Waals surface area contributed by atoms with Crippen LogP contribution in [0.25, 0.3) is 22.2 Å². The van der Waals surface area contributed by atoms with Gasteiger partial charge in [-0.15, -0.1) is 0 Å². The molecular weight excluding hydrogens is 213 g/mol. The van der Waals surface area contributed by atoms with E-state index in [4.69, 9.17) is 0 Å². The fraction of sp³-hybridized carbons (Fsp3) is 0.